The third-order valence-corrected chi connectivity index (χ3v) is 14.6. The molecule has 10 nitrogen and oxygen atoms in total. The normalized spacial score (nSPS) is 11.0. The molecule has 0 fully saturated rings. The van der Waals surface area contributed by atoms with E-state index in [1.165, 1.54) is 44.5 Å². The maximum atomic E-state index is 4.73. The van der Waals surface area contributed by atoms with Gasteiger partial charge in [0.15, 0.2) is 0 Å². The molecule has 0 atom stereocenters. The first-order chi connectivity index (χ1) is 44.4. The van der Waals surface area contributed by atoms with E-state index in [1.807, 2.05) is 134 Å². The smallest absolute Gasteiger partial charge is 0.0812 e. The van der Waals surface area contributed by atoms with Crippen molar-refractivity contribution in [2.75, 3.05) is 0 Å². The number of hydrogen-bond donors (Lipinski definition) is 0. The number of rotatable bonds is 16. The average Bonchev–Trinajstić information content (AvgIpc) is 1.00. The summed E-state index contributed by atoms with van der Waals surface area (Å²) in [5.74, 6) is 3.70. The van der Waals surface area contributed by atoms with E-state index in [-0.39, 0.29) is 34.1 Å². The maximum absolute atomic E-state index is 4.73. The second kappa shape index (κ2) is 44.2. The molecule has 10 rings (SSSR count). The number of hydrogen-bond acceptors (Lipinski definition) is 10. The van der Waals surface area contributed by atoms with E-state index in [0.717, 1.165) is 45.5 Å². The fourth-order valence-electron chi connectivity index (χ4n) is 9.60. The Bertz CT molecular complexity index is 3140. The Morgan fingerprint density at radius 3 is 0.500 bits per heavy atom. The van der Waals surface area contributed by atoms with Crippen LogP contribution in [0.5, 0.6) is 0 Å². The first-order valence-corrected chi connectivity index (χ1v) is 32.4. The van der Waals surface area contributed by atoms with Crippen LogP contribution in [0, 0.1) is 0 Å². The molecule has 0 amide bonds. The minimum Gasteiger partial charge on any atom is -0.265 e. The van der Waals surface area contributed by atoms with E-state index in [0.29, 0.717) is 47.3 Å². The van der Waals surface area contributed by atoms with Crippen LogP contribution in [0.3, 0.4) is 0 Å². The van der Waals surface area contributed by atoms with Crippen LogP contribution in [0.15, 0.2) is 252 Å². The van der Waals surface area contributed by atoms with Crippen LogP contribution in [0.25, 0.3) is 0 Å². The summed E-state index contributed by atoms with van der Waals surface area (Å²) < 4.78 is 0. The van der Waals surface area contributed by atoms with Crippen LogP contribution in [0.4, 0.5) is 22.7 Å². The van der Waals surface area contributed by atoms with Gasteiger partial charge in [-0.3, -0.25) is 49.9 Å². The summed E-state index contributed by atoms with van der Waals surface area (Å²) in [7, 11) is 0. The SMILES string of the molecule is CC(C)c1cccc(C(C)C)c1N=Cc1ccccn1.CC(C)c1cccc(C(C)C)c1N=Cc1ccccn1.CC(C)c1cccc(C(C)C)c1N=Cc1ccccn1.CC(C)c1cccc(C(C)C)c1N=Cc1ccccn1.[Fe].[Fe].c1ccncc1.c1ccncc1. The number of aromatic nitrogens is 6. The van der Waals surface area contributed by atoms with Gasteiger partial charge in [0.1, 0.15) is 0 Å². The molecule has 0 aliphatic carbocycles. The van der Waals surface area contributed by atoms with Crippen LogP contribution in [0.1, 0.15) is 225 Å². The summed E-state index contributed by atoms with van der Waals surface area (Å²) >= 11 is 0. The van der Waals surface area contributed by atoms with Crippen LogP contribution >= 0.6 is 0 Å². The van der Waals surface area contributed by atoms with E-state index < -0.39 is 0 Å². The van der Waals surface area contributed by atoms with E-state index in [2.05, 4.69) is 213 Å². The van der Waals surface area contributed by atoms with Gasteiger partial charge in [-0.1, -0.05) is 220 Å². The molecule has 0 saturated heterocycles. The molecule has 94 heavy (non-hydrogen) atoms. The number of para-hydroxylation sites is 4. The fourth-order valence-corrected chi connectivity index (χ4v) is 9.60. The van der Waals surface area contributed by atoms with Crippen molar-refractivity contribution in [2.45, 2.75) is 158 Å². The molecule has 0 radical (unpaired) electrons. The molecule has 0 N–H and O–H groups in total. The molecule has 6 heterocycles. The van der Waals surface area contributed by atoms with Gasteiger partial charge in [-0.15, -0.1) is 0 Å². The van der Waals surface area contributed by atoms with Crippen molar-refractivity contribution in [2.24, 2.45) is 20.0 Å². The number of pyridine rings is 6. The Labute approximate surface area is 584 Å². The zero-order valence-corrected chi connectivity index (χ0v) is 60.3. The molecule has 6 aromatic heterocycles. The molecular formula is C82H98Fe2N10. The molecule has 4 aromatic carbocycles. The van der Waals surface area contributed by atoms with Gasteiger partial charge in [0.05, 0.1) is 70.4 Å². The summed E-state index contributed by atoms with van der Waals surface area (Å²) in [6.45, 7) is 35.3. The zero-order valence-electron chi connectivity index (χ0n) is 58.0. The Hall–Kier alpha value is -8.50. The van der Waals surface area contributed by atoms with Crippen molar-refractivity contribution < 1.29 is 34.1 Å². The summed E-state index contributed by atoms with van der Waals surface area (Å²) in [6.07, 6.45) is 21.6. The second-order valence-electron chi connectivity index (χ2n) is 24.5. The largest absolute Gasteiger partial charge is 0.265 e. The van der Waals surface area contributed by atoms with Gasteiger partial charge < -0.3 is 0 Å². The van der Waals surface area contributed by atoms with Crippen molar-refractivity contribution in [1.82, 2.24) is 29.9 Å². The van der Waals surface area contributed by atoms with Gasteiger partial charge in [0, 0.05) is 83.7 Å². The van der Waals surface area contributed by atoms with Crippen LogP contribution in [-0.2, 0) is 34.1 Å². The van der Waals surface area contributed by atoms with Crippen molar-refractivity contribution in [3.63, 3.8) is 0 Å². The topological polar surface area (TPSA) is 127 Å². The quantitative estimate of drug-likeness (QED) is 0.0700. The second-order valence-corrected chi connectivity index (χ2v) is 24.5. The van der Waals surface area contributed by atoms with Crippen molar-refractivity contribution in [1.29, 1.82) is 0 Å². The minimum absolute atomic E-state index is 0. The maximum Gasteiger partial charge on any atom is 0.0812 e. The summed E-state index contributed by atoms with van der Waals surface area (Å²) in [6, 6.07) is 60.7. The molecule has 0 aliphatic heterocycles. The van der Waals surface area contributed by atoms with Crippen LogP contribution in [-0.4, -0.2) is 54.8 Å². The van der Waals surface area contributed by atoms with E-state index in [4.69, 9.17) is 20.0 Å². The van der Waals surface area contributed by atoms with Gasteiger partial charge in [-0.05, 0) is 165 Å². The fraction of sp³-hybridized carbons (Fsp3) is 0.293. The molecule has 0 unspecified atom stereocenters. The predicted octanol–water partition coefficient (Wildman–Crippen LogP) is 22.5. The van der Waals surface area contributed by atoms with Gasteiger partial charge in [0.25, 0.3) is 0 Å². The molecule has 10 aromatic rings. The summed E-state index contributed by atoms with van der Waals surface area (Å²) in [5, 5.41) is 0. The van der Waals surface area contributed by atoms with Crippen molar-refractivity contribution >= 4 is 47.6 Å². The van der Waals surface area contributed by atoms with Gasteiger partial charge in [-0.25, -0.2) is 0 Å². The van der Waals surface area contributed by atoms with Gasteiger partial charge in [-0.2, -0.15) is 0 Å². The standard InChI is InChI=1S/4C18H22N2.2C5H5N.2Fe/c4*1-13(2)16-9-7-10-17(14(3)4)18(16)20-12-15-8-5-6-11-19-15;2*1-2-4-6-5-3-1;;/h4*5-14H,1-4H3;2*1-5H;;. The first-order valence-electron chi connectivity index (χ1n) is 32.4. The van der Waals surface area contributed by atoms with Crippen molar-refractivity contribution in [3.05, 3.63) is 299 Å². The molecule has 0 aliphatic rings. The van der Waals surface area contributed by atoms with E-state index in [9.17, 15) is 0 Å². The Balaban J connectivity index is 0.000000305. The third-order valence-electron chi connectivity index (χ3n) is 14.6. The predicted molar refractivity (Wildman–Crippen MR) is 393 cm³/mol. The van der Waals surface area contributed by atoms with Crippen molar-refractivity contribution in [3.8, 4) is 0 Å². The molecule has 0 saturated carbocycles. The summed E-state index contributed by atoms with van der Waals surface area (Å²) in [5.41, 5.74) is 18.3. The summed E-state index contributed by atoms with van der Waals surface area (Å²) in [4.78, 5) is 43.7. The Morgan fingerprint density at radius 1 is 0.213 bits per heavy atom. The average molecular weight is 1340 g/mol. The molecular weight excluding hydrogens is 1240 g/mol. The van der Waals surface area contributed by atoms with Crippen LogP contribution in [0.2, 0.25) is 0 Å². The molecule has 0 bridgehead atoms. The zero-order chi connectivity index (χ0) is 66.6. The van der Waals surface area contributed by atoms with Gasteiger partial charge >= 0.3 is 0 Å². The Kier molecular flexibility index (Phi) is 37.5. The van der Waals surface area contributed by atoms with E-state index >= 15 is 0 Å². The number of aliphatic imine (C=N–C) groups is 4. The molecule has 12 heteroatoms. The molecule has 0 spiro atoms. The van der Waals surface area contributed by atoms with Crippen LogP contribution < -0.4 is 0 Å². The monoisotopic (exact) mass is 1330 g/mol. The van der Waals surface area contributed by atoms with Gasteiger partial charge in [0.2, 0.25) is 0 Å². The molecule has 492 valence electrons. The minimum atomic E-state index is 0. The first kappa shape index (κ1) is 79.7. The Morgan fingerprint density at radius 2 is 0.383 bits per heavy atom. The number of benzene rings is 4. The number of nitrogens with zero attached hydrogens (tertiary/aromatic N) is 10. The van der Waals surface area contributed by atoms with E-state index in [1.54, 1.807) is 49.6 Å². The third kappa shape index (κ3) is 27.6.